The minimum atomic E-state index is 0.102. The van der Waals surface area contributed by atoms with Crippen molar-refractivity contribution in [2.75, 3.05) is 6.54 Å². The smallest absolute Gasteiger partial charge is 0.140 e. The van der Waals surface area contributed by atoms with Crippen LogP contribution in [0.25, 0.3) is 0 Å². The van der Waals surface area contributed by atoms with Gasteiger partial charge in [0, 0.05) is 12.3 Å². The third-order valence-electron chi connectivity index (χ3n) is 3.77. The summed E-state index contributed by atoms with van der Waals surface area (Å²) in [6, 6.07) is 5.42. The van der Waals surface area contributed by atoms with E-state index in [1.807, 2.05) is 12.1 Å². The molecule has 2 nitrogen and oxygen atoms in total. The molecule has 2 atom stereocenters. The molecule has 4 heteroatoms. The summed E-state index contributed by atoms with van der Waals surface area (Å²) in [5.41, 5.74) is 6.53. The lowest BCUT2D eigenvalue weighted by Crippen LogP contribution is -2.26. The number of carbonyl (C=O) groups excluding carboxylic acids is 1. The van der Waals surface area contributed by atoms with E-state index in [0.29, 0.717) is 28.9 Å². The normalized spacial score (nSPS) is 23.3. The molecule has 0 aromatic heterocycles. The van der Waals surface area contributed by atoms with Gasteiger partial charge in [-0.3, -0.25) is 4.79 Å². The summed E-state index contributed by atoms with van der Waals surface area (Å²) in [6.45, 7) is 0.597. The molecule has 0 aliphatic heterocycles. The Bertz CT molecular complexity index is 447. The lowest BCUT2D eigenvalue weighted by Gasteiger charge is -2.17. The Morgan fingerprint density at radius 2 is 2.11 bits per heavy atom. The molecule has 1 aromatic rings. The van der Waals surface area contributed by atoms with Crippen molar-refractivity contribution in [1.82, 2.24) is 0 Å². The first-order chi connectivity index (χ1) is 8.63. The number of hydrogen-bond donors (Lipinski definition) is 1. The number of benzene rings is 1. The van der Waals surface area contributed by atoms with Crippen molar-refractivity contribution in [3.63, 3.8) is 0 Å². The van der Waals surface area contributed by atoms with E-state index >= 15 is 0 Å². The van der Waals surface area contributed by atoms with E-state index in [0.717, 1.165) is 24.8 Å². The predicted molar refractivity (Wildman–Crippen MR) is 75.1 cm³/mol. The molecule has 1 saturated carbocycles. The van der Waals surface area contributed by atoms with Gasteiger partial charge in [0.15, 0.2) is 0 Å². The Morgan fingerprint density at radius 3 is 2.83 bits per heavy atom. The van der Waals surface area contributed by atoms with Gasteiger partial charge in [-0.2, -0.15) is 0 Å². The molecule has 0 amide bonds. The van der Waals surface area contributed by atoms with Crippen LogP contribution >= 0.6 is 23.2 Å². The summed E-state index contributed by atoms with van der Waals surface area (Å²) in [7, 11) is 0. The summed E-state index contributed by atoms with van der Waals surface area (Å²) in [6.07, 6.45) is 3.48. The first-order valence-corrected chi connectivity index (χ1v) is 7.04. The average molecular weight is 286 g/mol. The number of halogens is 2. The predicted octanol–water partition coefficient (Wildman–Crippen LogP) is 3.48. The van der Waals surface area contributed by atoms with Crippen molar-refractivity contribution in [3.8, 4) is 0 Å². The Morgan fingerprint density at radius 1 is 1.33 bits per heavy atom. The monoisotopic (exact) mass is 285 g/mol. The summed E-state index contributed by atoms with van der Waals surface area (Å²) in [4.78, 5) is 12.3. The van der Waals surface area contributed by atoms with Gasteiger partial charge in [-0.1, -0.05) is 41.8 Å². The standard InChI is InChI=1S/C14H17Cl2NO/c15-12-6-2-3-9(14(12)16)7-13(18)11-5-1-4-10(11)8-17/h2-3,6,10-11H,1,4-5,7-8,17H2. The van der Waals surface area contributed by atoms with Crippen molar-refractivity contribution < 1.29 is 4.79 Å². The molecule has 1 fully saturated rings. The van der Waals surface area contributed by atoms with Gasteiger partial charge < -0.3 is 5.73 Å². The zero-order valence-corrected chi connectivity index (χ0v) is 11.7. The topological polar surface area (TPSA) is 43.1 Å². The van der Waals surface area contributed by atoms with Gasteiger partial charge in [0.2, 0.25) is 0 Å². The van der Waals surface area contributed by atoms with Gasteiger partial charge in [0.05, 0.1) is 10.0 Å². The van der Waals surface area contributed by atoms with Crippen LogP contribution in [0.4, 0.5) is 0 Å². The summed E-state index contributed by atoms with van der Waals surface area (Å²) in [5, 5.41) is 0.999. The van der Waals surface area contributed by atoms with E-state index in [1.165, 1.54) is 0 Å². The molecule has 1 aliphatic rings. The maximum Gasteiger partial charge on any atom is 0.140 e. The van der Waals surface area contributed by atoms with Crippen molar-refractivity contribution in [1.29, 1.82) is 0 Å². The van der Waals surface area contributed by atoms with Crippen LogP contribution in [-0.2, 0) is 11.2 Å². The first-order valence-electron chi connectivity index (χ1n) is 6.29. The quantitative estimate of drug-likeness (QED) is 0.920. The highest BCUT2D eigenvalue weighted by atomic mass is 35.5. The van der Waals surface area contributed by atoms with Crippen molar-refractivity contribution in [3.05, 3.63) is 33.8 Å². The van der Waals surface area contributed by atoms with Crippen LogP contribution in [0, 0.1) is 11.8 Å². The molecule has 18 heavy (non-hydrogen) atoms. The fourth-order valence-electron chi connectivity index (χ4n) is 2.75. The molecule has 0 spiro atoms. The number of ketones is 1. The van der Waals surface area contributed by atoms with Gasteiger partial charge in [-0.05, 0) is 36.9 Å². The van der Waals surface area contributed by atoms with Crippen LogP contribution in [0.15, 0.2) is 18.2 Å². The summed E-state index contributed by atoms with van der Waals surface area (Å²) in [5.74, 6) is 0.688. The average Bonchev–Trinajstić information content (AvgIpc) is 2.83. The highest BCUT2D eigenvalue weighted by Crippen LogP contribution is 2.33. The van der Waals surface area contributed by atoms with Gasteiger partial charge in [-0.25, -0.2) is 0 Å². The summed E-state index contributed by atoms with van der Waals surface area (Å²) >= 11 is 12.1. The third kappa shape index (κ3) is 2.87. The van der Waals surface area contributed by atoms with Gasteiger partial charge in [0.25, 0.3) is 0 Å². The van der Waals surface area contributed by atoms with Crippen LogP contribution in [-0.4, -0.2) is 12.3 Å². The Hall–Kier alpha value is -0.570. The second-order valence-corrected chi connectivity index (χ2v) is 5.67. The highest BCUT2D eigenvalue weighted by Gasteiger charge is 2.31. The lowest BCUT2D eigenvalue weighted by atomic mass is 9.89. The van der Waals surface area contributed by atoms with Gasteiger partial charge >= 0.3 is 0 Å². The number of nitrogens with two attached hydrogens (primary N) is 1. The Labute approximate surface area is 117 Å². The zero-order valence-electron chi connectivity index (χ0n) is 10.2. The molecule has 0 radical (unpaired) electrons. The maximum absolute atomic E-state index is 12.3. The SMILES string of the molecule is NCC1CCCC1C(=O)Cc1cccc(Cl)c1Cl. The second kappa shape index (κ2) is 6.05. The highest BCUT2D eigenvalue weighted by molar-refractivity contribution is 6.42. The largest absolute Gasteiger partial charge is 0.330 e. The fourth-order valence-corrected chi connectivity index (χ4v) is 3.13. The molecule has 2 N–H and O–H groups in total. The van der Waals surface area contributed by atoms with E-state index in [4.69, 9.17) is 28.9 Å². The lowest BCUT2D eigenvalue weighted by molar-refractivity contribution is -0.123. The van der Waals surface area contributed by atoms with E-state index in [2.05, 4.69) is 0 Å². The van der Waals surface area contributed by atoms with Gasteiger partial charge in [-0.15, -0.1) is 0 Å². The second-order valence-electron chi connectivity index (χ2n) is 4.89. The van der Waals surface area contributed by atoms with E-state index in [-0.39, 0.29) is 11.7 Å². The molecule has 0 heterocycles. The van der Waals surface area contributed by atoms with Crippen LogP contribution in [0.1, 0.15) is 24.8 Å². The minimum absolute atomic E-state index is 0.102. The zero-order chi connectivity index (χ0) is 13.1. The van der Waals surface area contributed by atoms with Crippen LogP contribution < -0.4 is 5.73 Å². The molecule has 1 aliphatic carbocycles. The van der Waals surface area contributed by atoms with Crippen molar-refractivity contribution in [2.45, 2.75) is 25.7 Å². The number of Topliss-reactive ketones (excluding diaryl/α,β-unsaturated/α-hetero) is 1. The van der Waals surface area contributed by atoms with Crippen LogP contribution in [0.3, 0.4) is 0 Å². The maximum atomic E-state index is 12.3. The van der Waals surface area contributed by atoms with Crippen LogP contribution in [0.2, 0.25) is 10.0 Å². The Balaban J connectivity index is 2.09. The summed E-state index contributed by atoms with van der Waals surface area (Å²) < 4.78 is 0. The van der Waals surface area contributed by atoms with E-state index < -0.39 is 0 Å². The van der Waals surface area contributed by atoms with Crippen molar-refractivity contribution >= 4 is 29.0 Å². The minimum Gasteiger partial charge on any atom is -0.330 e. The van der Waals surface area contributed by atoms with Crippen LogP contribution in [0.5, 0.6) is 0 Å². The molecule has 2 rings (SSSR count). The molecule has 0 saturated heterocycles. The molecular formula is C14H17Cl2NO. The molecule has 1 aromatic carbocycles. The Kier molecular flexibility index (Phi) is 4.66. The van der Waals surface area contributed by atoms with E-state index in [1.54, 1.807) is 6.07 Å². The molecular weight excluding hydrogens is 269 g/mol. The number of carbonyl (C=O) groups is 1. The van der Waals surface area contributed by atoms with Crippen molar-refractivity contribution in [2.24, 2.45) is 17.6 Å². The van der Waals surface area contributed by atoms with Gasteiger partial charge in [0.1, 0.15) is 5.78 Å². The number of hydrogen-bond acceptors (Lipinski definition) is 2. The molecule has 98 valence electrons. The number of rotatable bonds is 4. The first kappa shape index (κ1) is 13.9. The molecule has 0 bridgehead atoms. The van der Waals surface area contributed by atoms with E-state index in [9.17, 15) is 4.79 Å². The third-order valence-corrected chi connectivity index (χ3v) is 4.63. The fraction of sp³-hybridized carbons (Fsp3) is 0.500. The molecule has 2 unspecified atom stereocenters.